The van der Waals surface area contributed by atoms with Gasteiger partial charge in [-0.3, -0.25) is 0 Å². The summed E-state index contributed by atoms with van der Waals surface area (Å²) in [5.41, 5.74) is 0. The van der Waals surface area contributed by atoms with Crippen molar-refractivity contribution in [3.05, 3.63) is 12.2 Å². The molecule has 3 aliphatic rings. The first-order chi connectivity index (χ1) is 6.85. The Morgan fingerprint density at radius 1 is 1.00 bits per heavy atom. The van der Waals surface area contributed by atoms with Gasteiger partial charge in [-0.1, -0.05) is 12.2 Å². The first-order valence-corrected chi connectivity index (χ1v) is 5.24. The molecule has 0 spiro atoms. The third kappa shape index (κ3) is 0.977. The van der Waals surface area contributed by atoms with E-state index in [1.54, 1.807) is 14.2 Å². The summed E-state index contributed by atoms with van der Waals surface area (Å²) in [7, 11) is 3.44. The Hall–Kier alpha value is -0.380. The Kier molecular flexibility index (Phi) is 1.94. The van der Waals surface area contributed by atoms with Crippen molar-refractivity contribution in [2.45, 2.75) is 19.0 Å². The van der Waals surface area contributed by atoms with Crippen molar-refractivity contribution in [1.82, 2.24) is 0 Å². The summed E-state index contributed by atoms with van der Waals surface area (Å²) in [5.74, 6) is 2.32. The van der Waals surface area contributed by atoms with E-state index in [9.17, 15) is 0 Å². The Morgan fingerprint density at radius 3 is 1.93 bits per heavy atom. The number of ether oxygens (including phenoxy) is 3. The van der Waals surface area contributed by atoms with E-state index >= 15 is 0 Å². The first-order valence-electron chi connectivity index (χ1n) is 5.24. The van der Waals surface area contributed by atoms with Crippen LogP contribution in [0.1, 0.15) is 6.42 Å². The van der Waals surface area contributed by atoms with Crippen molar-refractivity contribution in [1.29, 1.82) is 0 Å². The summed E-state index contributed by atoms with van der Waals surface area (Å²) in [4.78, 5) is 0. The van der Waals surface area contributed by atoms with Crippen molar-refractivity contribution >= 4 is 0 Å². The summed E-state index contributed by atoms with van der Waals surface area (Å²) in [5, 5.41) is 0. The molecule has 2 fully saturated rings. The highest BCUT2D eigenvalue weighted by Crippen LogP contribution is 2.55. The van der Waals surface area contributed by atoms with Crippen molar-refractivity contribution in [3.8, 4) is 0 Å². The van der Waals surface area contributed by atoms with Crippen LogP contribution in [0.5, 0.6) is 0 Å². The molecule has 3 rings (SSSR count). The molecule has 1 heterocycles. The van der Waals surface area contributed by atoms with Crippen LogP contribution < -0.4 is 0 Å². The standard InChI is InChI=1S/C11H16O3/c1-12-10-8-6-3-4-7(5-6)9(8)11(13-2)14-10/h3-4,6-11H,5H2,1-2H3/t6-,7-,8-,9+,10-,11+/m0/s1. The van der Waals surface area contributed by atoms with Crippen LogP contribution in [0.3, 0.4) is 0 Å². The van der Waals surface area contributed by atoms with E-state index in [1.165, 1.54) is 6.42 Å². The molecule has 14 heavy (non-hydrogen) atoms. The van der Waals surface area contributed by atoms with E-state index in [0.29, 0.717) is 23.7 Å². The maximum absolute atomic E-state index is 5.72. The van der Waals surface area contributed by atoms with Gasteiger partial charge in [0.1, 0.15) is 0 Å². The fraction of sp³-hybridized carbons (Fsp3) is 0.818. The molecule has 1 aliphatic heterocycles. The van der Waals surface area contributed by atoms with Crippen molar-refractivity contribution in [3.63, 3.8) is 0 Å². The SMILES string of the molecule is CO[C@H]1O[C@@H](OC)[C@H]2[C@@H]1[C@H]1C=C[C@H]2C1. The number of fused-ring (bicyclic) bond motifs is 5. The molecule has 0 aromatic heterocycles. The summed E-state index contributed by atoms with van der Waals surface area (Å²) >= 11 is 0. The topological polar surface area (TPSA) is 27.7 Å². The molecule has 0 radical (unpaired) electrons. The lowest BCUT2D eigenvalue weighted by molar-refractivity contribution is -0.202. The van der Waals surface area contributed by atoms with Crippen LogP contribution in [0, 0.1) is 23.7 Å². The zero-order chi connectivity index (χ0) is 9.71. The first kappa shape index (κ1) is 8.89. The minimum Gasteiger partial charge on any atom is -0.355 e. The molecular formula is C11H16O3. The summed E-state index contributed by atoms with van der Waals surface area (Å²) in [6.07, 6.45) is 5.77. The van der Waals surface area contributed by atoms with Gasteiger partial charge in [-0.25, -0.2) is 0 Å². The number of rotatable bonds is 2. The third-order valence-corrected chi connectivity index (χ3v) is 3.94. The van der Waals surface area contributed by atoms with E-state index in [1.807, 2.05) is 0 Å². The molecule has 3 nitrogen and oxygen atoms in total. The number of allylic oxidation sites excluding steroid dienone is 2. The van der Waals surface area contributed by atoms with Gasteiger partial charge in [0, 0.05) is 26.1 Å². The second-order valence-corrected chi connectivity index (χ2v) is 4.45. The fourth-order valence-corrected chi connectivity index (χ4v) is 3.40. The molecule has 1 saturated heterocycles. The lowest BCUT2D eigenvalue weighted by Gasteiger charge is -2.23. The van der Waals surface area contributed by atoms with E-state index in [-0.39, 0.29) is 12.6 Å². The molecule has 0 aromatic carbocycles. The zero-order valence-electron chi connectivity index (χ0n) is 8.55. The summed E-state index contributed by atoms with van der Waals surface area (Å²) in [6.45, 7) is 0. The average Bonchev–Trinajstić information content (AvgIpc) is 2.88. The van der Waals surface area contributed by atoms with Crippen LogP contribution in [-0.4, -0.2) is 26.8 Å². The van der Waals surface area contributed by atoms with E-state index in [0.717, 1.165) is 0 Å². The molecule has 0 unspecified atom stereocenters. The molecule has 6 atom stereocenters. The van der Waals surface area contributed by atoms with Crippen LogP contribution in [0.2, 0.25) is 0 Å². The second-order valence-electron chi connectivity index (χ2n) is 4.45. The smallest absolute Gasteiger partial charge is 0.164 e. The van der Waals surface area contributed by atoms with Gasteiger partial charge >= 0.3 is 0 Å². The Labute approximate surface area is 84.0 Å². The largest absolute Gasteiger partial charge is 0.355 e. The molecule has 1 saturated carbocycles. The molecule has 0 aromatic rings. The van der Waals surface area contributed by atoms with Gasteiger partial charge in [0.2, 0.25) is 0 Å². The number of hydrogen-bond acceptors (Lipinski definition) is 3. The second kappa shape index (κ2) is 3.05. The molecule has 2 bridgehead atoms. The van der Waals surface area contributed by atoms with Gasteiger partial charge in [0.25, 0.3) is 0 Å². The quantitative estimate of drug-likeness (QED) is 0.625. The predicted molar refractivity (Wildman–Crippen MR) is 50.4 cm³/mol. The summed E-state index contributed by atoms with van der Waals surface area (Å²) in [6, 6.07) is 0. The maximum atomic E-state index is 5.72. The monoisotopic (exact) mass is 196 g/mol. The van der Waals surface area contributed by atoms with E-state index in [2.05, 4.69) is 12.2 Å². The van der Waals surface area contributed by atoms with Gasteiger partial charge in [-0.2, -0.15) is 0 Å². The highest BCUT2D eigenvalue weighted by molar-refractivity contribution is 5.16. The van der Waals surface area contributed by atoms with Crippen LogP contribution in [0.25, 0.3) is 0 Å². The predicted octanol–water partition coefficient (Wildman–Crippen LogP) is 1.40. The van der Waals surface area contributed by atoms with Crippen LogP contribution >= 0.6 is 0 Å². The Bertz CT molecular complexity index is 239. The Balaban J connectivity index is 1.89. The number of hydrogen-bond donors (Lipinski definition) is 0. The highest BCUT2D eigenvalue weighted by Gasteiger charge is 2.57. The van der Waals surface area contributed by atoms with Gasteiger partial charge in [-0.05, 0) is 18.3 Å². The molecule has 78 valence electrons. The zero-order valence-corrected chi connectivity index (χ0v) is 8.55. The van der Waals surface area contributed by atoms with Crippen molar-refractivity contribution < 1.29 is 14.2 Å². The average molecular weight is 196 g/mol. The maximum Gasteiger partial charge on any atom is 0.164 e. The lowest BCUT2D eigenvalue weighted by Crippen LogP contribution is -2.27. The van der Waals surface area contributed by atoms with Crippen molar-refractivity contribution in [2.24, 2.45) is 23.7 Å². The number of methoxy groups -OCH3 is 2. The highest BCUT2D eigenvalue weighted by atomic mass is 16.8. The lowest BCUT2D eigenvalue weighted by atomic mass is 9.84. The van der Waals surface area contributed by atoms with Gasteiger partial charge in [0.15, 0.2) is 12.6 Å². The van der Waals surface area contributed by atoms with E-state index < -0.39 is 0 Å². The fourth-order valence-electron chi connectivity index (χ4n) is 3.40. The van der Waals surface area contributed by atoms with Gasteiger partial charge in [0.05, 0.1) is 0 Å². The molecule has 0 N–H and O–H groups in total. The van der Waals surface area contributed by atoms with Gasteiger partial charge < -0.3 is 14.2 Å². The van der Waals surface area contributed by atoms with E-state index in [4.69, 9.17) is 14.2 Å². The van der Waals surface area contributed by atoms with Crippen LogP contribution in [-0.2, 0) is 14.2 Å². The third-order valence-electron chi connectivity index (χ3n) is 3.94. The minimum absolute atomic E-state index is 0.0649. The van der Waals surface area contributed by atoms with Gasteiger partial charge in [-0.15, -0.1) is 0 Å². The van der Waals surface area contributed by atoms with Crippen LogP contribution in [0.4, 0.5) is 0 Å². The van der Waals surface area contributed by atoms with Crippen LogP contribution in [0.15, 0.2) is 12.2 Å². The summed E-state index contributed by atoms with van der Waals surface area (Å²) < 4.78 is 16.5. The molecule has 2 aliphatic carbocycles. The van der Waals surface area contributed by atoms with Crippen molar-refractivity contribution in [2.75, 3.05) is 14.2 Å². The minimum atomic E-state index is -0.0649. The molecular weight excluding hydrogens is 180 g/mol. The normalized spacial score (nSPS) is 54.1. The molecule has 3 heteroatoms. The molecule has 0 amide bonds. The Morgan fingerprint density at radius 2 is 1.50 bits per heavy atom.